The highest BCUT2D eigenvalue weighted by Gasteiger charge is 2.47. The van der Waals surface area contributed by atoms with E-state index in [2.05, 4.69) is 18.2 Å². The molecule has 1 fully saturated rings. The number of allylic oxidation sites excluding steroid dienone is 1. The first-order chi connectivity index (χ1) is 19.0. The molecule has 198 valence electrons. The highest BCUT2D eigenvalue weighted by molar-refractivity contribution is 7.92. The van der Waals surface area contributed by atoms with Crippen LogP contribution in [0.3, 0.4) is 0 Å². The Hall–Kier alpha value is -3.87. The van der Waals surface area contributed by atoms with Crippen LogP contribution in [0.25, 0.3) is 22.4 Å². The number of phenolic OH excluding ortho intramolecular Hbond substituents is 1. The quantitative estimate of drug-likeness (QED) is 0.207. The first-order valence-corrected chi connectivity index (χ1v) is 14.9. The van der Waals surface area contributed by atoms with E-state index in [1.165, 1.54) is 0 Å². The van der Waals surface area contributed by atoms with Crippen molar-refractivity contribution >= 4 is 32.3 Å². The molecular formula is C33H30O5S. The van der Waals surface area contributed by atoms with E-state index in [4.69, 9.17) is 9.47 Å². The van der Waals surface area contributed by atoms with Gasteiger partial charge in [0.1, 0.15) is 23.4 Å². The van der Waals surface area contributed by atoms with E-state index >= 15 is 0 Å². The van der Waals surface area contributed by atoms with Crippen molar-refractivity contribution in [3.05, 3.63) is 119 Å². The predicted octanol–water partition coefficient (Wildman–Crippen LogP) is 6.44. The fourth-order valence-corrected chi connectivity index (χ4v) is 7.61. The molecule has 0 radical (unpaired) electrons. The van der Waals surface area contributed by atoms with Crippen molar-refractivity contribution in [1.29, 1.82) is 0 Å². The molecule has 39 heavy (non-hydrogen) atoms. The number of benzene rings is 4. The molecule has 1 N–H and O–H groups in total. The van der Waals surface area contributed by atoms with Crippen molar-refractivity contribution in [2.24, 2.45) is 0 Å². The summed E-state index contributed by atoms with van der Waals surface area (Å²) in [6.45, 7) is 0.444. The zero-order valence-corrected chi connectivity index (χ0v) is 22.3. The summed E-state index contributed by atoms with van der Waals surface area (Å²) in [5.41, 5.74) is 4.95. The lowest BCUT2D eigenvalue weighted by Crippen LogP contribution is -2.19. The molecule has 0 unspecified atom stereocenters. The molecule has 4 aromatic carbocycles. The number of sulfone groups is 1. The number of para-hydroxylation sites is 1. The van der Waals surface area contributed by atoms with Gasteiger partial charge in [-0.25, -0.2) is 8.42 Å². The van der Waals surface area contributed by atoms with Crippen LogP contribution in [0.15, 0.2) is 108 Å². The molecule has 0 bridgehead atoms. The maximum absolute atomic E-state index is 13.0. The van der Waals surface area contributed by atoms with Gasteiger partial charge in [-0.2, -0.15) is 0 Å². The van der Waals surface area contributed by atoms with E-state index in [0.29, 0.717) is 12.8 Å². The molecule has 0 aromatic heterocycles. The summed E-state index contributed by atoms with van der Waals surface area (Å²) in [6.07, 6.45) is 3.26. The number of fused-ring (bicyclic) bond motifs is 2. The van der Waals surface area contributed by atoms with Crippen LogP contribution < -0.4 is 4.74 Å². The Morgan fingerprint density at radius 1 is 0.897 bits per heavy atom. The van der Waals surface area contributed by atoms with Gasteiger partial charge in [0, 0.05) is 5.39 Å². The maximum atomic E-state index is 13.0. The van der Waals surface area contributed by atoms with E-state index in [0.717, 1.165) is 44.4 Å². The molecule has 6 heteroatoms. The summed E-state index contributed by atoms with van der Waals surface area (Å²) in [5, 5.41) is 11.6. The second-order valence-corrected chi connectivity index (χ2v) is 12.3. The number of hydrogen-bond acceptors (Lipinski definition) is 5. The standard InChI is InChI=1S/C33H30O5S/c34-30-17-15-25(28-13-7-8-14-29(28)30)19-24(23-9-3-1-4-10-23)16-18-31-33-26(20-37-27-11-5-2-6-12-27)22-39(35,36)32(33)21-38-31/h1-15,17,19,31-32,34H,16,18,20-22H2/b24-19-/t31-,32+/m1/s1. The Labute approximate surface area is 228 Å². The van der Waals surface area contributed by atoms with Crippen LogP contribution in [0, 0.1) is 0 Å². The zero-order valence-electron chi connectivity index (χ0n) is 21.5. The number of aromatic hydroxyl groups is 1. The van der Waals surface area contributed by atoms with Gasteiger partial charge in [0.05, 0.1) is 18.5 Å². The molecule has 0 aliphatic carbocycles. The van der Waals surface area contributed by atoms with Crippen molar-refractivity contribution in [2.45, 2.75) is 24.2 Å². The number of ether oxygens (including phenoxy) is 2. The van der Waals surface area contributed by atoms with Crippen molar-refractivity contribution in [3.63, 3.8) is 0 Å². The van der Waals surface area contributed by atoms with Gasteiger partial charge in [0.25, 0.3) is 0 Å². The third-order valence-corrected chi connectivity index (χ3v) is 9.61. The SMILES string of the molecule is O=S1(=O)CC(COc2ccccc2)=C2[C@@H](CC/C(=C/c3ccc(O)c4ccccc34)c3ccccc3)OC[C@@H]21. The molecule has 2 aliphatic heterocycles. The summed E-state index contributed by atoms with van der Waals surface area (Å²) in [6, 6.07) is 31.2. The highest BCUT2D eigenvalue weighted by atomic mass is 32.2. The van der Waals surface area contributed by atoms with E-state index < -0.39 is 15.1 Å². The second kappa shape index (κ2) is 10.7. The van der Waals surface area contributed by atoms with Gasteiger partial charge < -0.3 is 14.6 Å². The summed E-state index contributed by atoms with van der Waals surface area (Å²) >= 11 is 0. The smallest absolute Gasteiger partial charge is 0.163 e. The second-order valence-electron chi connectivity index (χ2n) is 10.1. The fraction of sp³-hybridized carbons (Fsp3) is 0.212. The molecule has 4 aromatic rings. The van der Waals surface area contributed by atoms with Crippen LogP contribution in [-0.4, -0.2) is 43.8 Å². The molecule has 1 saturated heterocycles. The van der Waals surface area contributed by atoms with Crippen LogP contribution in [-0.2, 0) is 14.6 Å². The van der Waals surface area contributed by atoms with E-state index in [1.54, 1.807) is 6.07 Å². The number of phenols is 1. The van der Waals surface area contributed by atoms with Gasteiger partial charge in [-0.1, -0.05) is 84.9 Å². The molecule has 0 amide bonds. The lowest BCUT2D eigenvalue weighted by Gasteiger charge is -2.16. The van der Waals surface area contributed by atoms with Crippen LogP contribution in [0.1, 0.15) is 24.0 Å². The molecule has 0 spiro atoms. The Bertz CT molecular complexity index is 1660. The molecule has 2 atom stereocenters. The first-order valence-electron chi connectivity index (χ1n) is 13.2. The molecule has 2 aliphatic rings. The predicted molar refractivity (Wildman–Crippen MR) is 155 cm³/mol. The lowest BCUT2D eigenvalue weighted by atomic mass is 9.92. The molecule has 0 saturated carbocycles. The summed E-state index contributed by atoms with van der Waals surface area (Å²) in [4.78, 5) is 0. The molecule has 6 rings (SSSR count). The summed E-state index contributed by atoms with van der Waals surface area (Å²) in [5.74, 6) is 1.01. The highest BCUT2D eigenvalue weighted by Crippen LogP contribution is 2.40. The monoisotopic (exact) mass is 538 g/mol. The number of rotatable bonds is 8. The van der Waals surface area contributed by atoms with Gasteiger partial charge in [0.2, 0.25) is 0 Å². The topological polar surface area (TPSA) is 72.8 Å². The zero-order chi connectivity index (χ0) is 26.8. The van der Waals surface area contributed by atoms with Gasteiger partial charge in [-0.15, -0.1) is 0 Å². The third kappa shape index (κ3) is 5.22. The Morgan fingerprint density at radius 2 is 1.59 bits per heavy atom. The van der Waals surface area contributed by atoms with Gasteiger partial charge in [-0.3, -0.25) is 0 Å². The van der Waals surface area contributed by atoms with Crippen LogP contribution in [0.4, 0.5) is 0 Å². The van der Waals surface area contributed by atoms with Crippen molar-refractivity contribution in [1.82, 2.24) is 0 Å². The Kier molecular flexibility index (Phi) is 6.98. The maximum Gasteiger partial charge on any atom is 0.163 e. The van der Waals surface area contributed by atoms with Crippen LogP contribution >= 0.6 is 0 Å². The average Bonchev–Trinajstić information content (AvgIpc) is 3.51. The van der Waals surface area contributed by atoms with Gasteiger partial charge >= 0.3 is 0 Å². The Morgan fingerprint density at radius 3 is 2.36 bits per heavy atom. The molecule has 5 nitrogen and oxygen atoms in total. The van der Waals surface area contributed by atoms with Crippen LogP contribution in [0.2, 0.25) is 0 Å². The minimum atomic E-state index is -3.30. The summed E-state index contributed by atoms with van der Waals surface area (Å²) < 4.78 is 38.0. The van der Waals surface area contributed by atoms with Gasteiger partial charge in [-0.05, 0) is 64.3 Å². The largest absolute Gasteiger partial charge is 0.507 e. The normalized spacial score (nSPS) is 20.4. The van der Waals surface area contributed by atoms with E-state index in [9.17, 15) is 13.5 Å². The lowest BCUT2D eigenvalue weighted by molar-refractivity contribution is 0.118. The summed E-state index contributed by atoms with van der Waals surface area (Å²) in [7, 11) is -3.30. The number of hydrogen-bond donors (Lipinski definition) is 1. The molecular weight excluding hydrogens is 508 g/mol. The molecule has 2 heterocycles. The van der Waals surface area contributed by atoms with E-state index in [-0.39, 0.29) is 30.8 Å². The van der Waals surface area contributed by atoms with E-state index in [1.807, 2.05) is 78.9 Å². The minimum Gasteiger partial charge on any atom is -0.507 e. The van der Waals surface area contributed by atoms with Crippen LogP contribution in [0.5, 0.6) is 11.5 Å². The Balaban J connectivity index is 1.30. The van der Waals surface area contributed by atoms with Gasteiger partial charge in [0.15, 0.2) is 9.84 Å². The van der Waals surface area contributed by atoms with Crippen molar-refractivity contribution < 1.29 is 23.0 Å². The van der Waals surface area contributed by atoms with Crippen molar-refractivity contribution in [3.8, 4) is 11.5 Å². The first kappa shape index (κ1) is 25.4. The van der Waals surface area contributed by atoms with Crippen molar-refractivity contribution in [2.75, 3.05) is 19.0 Å². The minimum absolute atomic E-state index is 0.0283. The average molecular weight is 539 g/mol. The third-order valence-electron chi connectivity index (χ3n) is 7.60. The fourth-order valence-electron chi connectivity index (χ4n) is 5.68.